The fourth-order valence-corrected chi connectivity index (χ4v) is 5.32. The monoisotopic (exact) mass is 400 g/mol. The van der Waals surface area contributed by atoms with Gasteiger partial charge >= 0.3 is 0 Å². The SMILES string of the molecule is O=C(CSc1ncnc2sc3c(c12)CCCC3)Nc1cccc([N+](=O)[O-])c1. The van der Waals surface area contributed by atoms with Gasteiger partial charge in [-0.1, -0.05) is 17.8 Å². The summed E-state index contributed by atoms with van der Waals surface area (Å²) >= 11 is 3.10. The first-order valence-corrected chi connectivity index (χ1v) is 10.3. The van der Waals surface area contributed by atoms with E-state index in [1.165, 1.54) is 47.2 Å². The Hall–Kier alpha value is -2.52. The minimum atomic E-state index is -0.484. The maximum Gasteiger partial charge on any atom is 0.271 e. The van der Waals surface area contributed by atoms with Crippen molar-refractivity contribution in [1.82, 2.24) is 9.97 Å². The van der Waals surface area contributed by atoms with Gasteiger partial charge in [0.2, 0.25) is 5.91 Å². The van der Waals surface area contributed by atoms with Crippen molar-refractivity contribution < 1.29 is 9.72 Å². The molecule has 0 fully saturated rings. The van der Waals surface area contributed by atoms with Crippen molar-refractivity contribution in [3.8, 4) is 0 Å². The van der Waals surface area contributed by atoms with Crippen molar-refractivity contribution in [2.45, 2.75) is 30.7 Å². The molecule has 138 valence electrons. The summed E-state index contributed by atoms with van der Waals surface area (Å²) in [5.74, 6) is -0.0456. The third-order valence-corrected chi connectivity index (χ3v) is 6.59. The molecule has 0 spiro atoms. The smallest absolute Gasteiger partial charge is 0.271 e. The molecule has 0 atom stereocenters. The molecule has 27 heavy (non-hydrogen) atoms. The van der Waals surface area contributed by atoms with Crippen LogP contribution in [0.3, 0.4) is 0 Å². The number of rotatable bonds is 5. The number of aryl methyl sites for hydroxylation is 2. The Bertz CT molecular complexity index is 1030. The molecule has 0 bridgehead atoms. The molecule has 0 saturated carbocycles. The van der Waals surface area contributed by atoms with Crippen LogP contribution in [0, 0.1) is 10.1 Å². The highest BCUT2D eigenvalue weighted by Gasteiger charge is 2.20. The van der Waals surface area contributed by atoms with Gasteiger partial charge in [0.05, 0.1) is 10.7 Å². The van der Waals surface area contributed by atoms with E-state index in [1.54, 1.807) is 29.8 Å². The first kappa shape index (κ1) is 17.9. The number of hydrogen-bond acceptors (Lipinski definition) is 7. The van der Waals surface area contributed by atoms with E-state index in [9.17, 15) is 14.9 Å². The van der Waals surface area contributed by atoms with Crippen LogP contribution in [0.2, 0.25) is 0 Å². The standard InChI is InChI=1S/C18H16N4O3S2/c23-15(21-11-4-3-5-12(8-11)22(24)25)9-26-17-16-13-6-1-2-7-14(13)27-18(16)20-10-19-17/h3-5,8,10H,1-2,6-7,9H2,(H,21,23). The Morgan fingerprint density at radius 3 is 3.00 bits per heavy atom. The molecule has 2 aromatic heterocycles. The lowest BCUT2D eigenvalue weighted by atomic mass is 9.97. The zero-order chi connectivity index (χ0) is 18.8. The van der Waals surface area contributed by atoms with Crippen LogP contribution in [-0.4, -0.2) is 26.6 Å². The maximum absolute atomic E-state index is 12.3. The topological polar surface area (TPSA) is 98.0 Å². The number of nitro benzene ring substituents is 1. The Morgan fingerprint density at radius 2 is 2.15 bits per heavy atom. The number of fused-ring (bicyclic) bond motifs is 3. The predicted octanol–water partition coefficient (Wildman–Crippen LogP) is 4.21. The molecule has 1 amide bonds. The summed E-state index contributed by atoms with van der Waals surface area (Å²) in [5.41, 5.74) is 1.70. The summed E-state index contributed by atoms with van der Waals surface area (Å²) in [4.78, 5) is 33.8. The second-order valence-electron chi connectivity index (χ2n) is 6.21. The Balaban J connectivity index is 1.49. The molecule has 0 aliphatic heterocycles. The minimum absolute atomic E-state index is 0.0529. The van der Waals surface area contributed by atoms with Gasteiger partial charge < -0.3 is 5.32 Å². The average molecular weight is 400 g/mol. The van der Waals surface area contributed by atoms with Gasteiger partial charge in [-0.25, -0.2) is 9.97 Å². The van der Waals surface area contributed by atoms with Crippen molar-refractivity contribution in [1.29, 1.82) is 0 Å². The van der Waals surface area contributed by atoms with E-state index in [2.05, 4.69) is 15.3 Å². The van der Waals surface area contributed by atoms with E-state index < -0.39 is 4.92 Å². The van der Waals surface area contributed by atoms with Crippen LogP contribution in [0.15, 0.2) is 35.6 Å². The number of thiophene rings is 1. The fourth-order valence-electron chi connectivity index (χ4n) is 3.20. The molecule has 4 rings (SSSR count). The van der Waals surface area contributed by atoms with Gasteiger partial charge in [-0.3, -0.25) is 14.9 Å². The number of thioether (sulfide) groups is 1. The molecule has 7 nitrogen and oxygen atoms in total. The van der Waals surface area contributed by atoms with Crippen LogP contribution in [0.5, 0.6) is 0 Å². The minimum Gasteiger partial charge on any atom is -0.325 e. The summed E-state index contributed by atoms with van der Waals surface area (Å²) in [6.07, 6.45) is 6.06. The Kier molecular flexibility index (Phi) is 5.04. The highest BCUT2D eigenvalue weighted by molar-refractivity contribution is 8.00. The van der Waals surface area contributed by atoms with E-state index in [-0.39, 0.29) is 17.3 Å². The second-order valence-corrected chi connectivity index (χ2v) is 8.26. The lowest BCUT2D eigenvalue weighted by Gasteiger charge is -2.11. The predicted molar refractivity (Wildman–Crippen MR) is 107 cm³/mol. The molecule has 1 aliphatic carbocycles. The molecule has 0 radical (unpaired) electrons. The Labute approximate surface area is 163 Å². The molecule has 1 N–H and O–H groups in total. The van der Waals surface area contributed by atoms with Crippen molar-refractivity contribution in [3.05, 3.63) is 51.1 Å². The van der Waals surface area contributed by atoms with E-state index in [1.807, 2.05) is 0 Å². The molecule has 3 aromatic rings. The van der Waals surface area contributed by atoms with Gasteiger partial charge in [0, 0.05) is 28.1 Å². The largest absolute Gasteiger partial charge is 0.325 e. The summed E-state index contributed by atoms with van der Waals surface area (Å²) < 4.78 is 0. The number of anilines is 1. The van der Waals surface area contributed by atoms with Crippen LogP contribution in [-0.2, 0) is 17.6 Å². The molecule has 1 aliphatic rings. The van der Waals surface area contributed by atoms with Crippen molar-refractivity contribution in [2.24, 2.45) is 0 Å². The highest BCUT2D eigenvalue weighted by Crippen LogP contribution is 2.39. The van der Waals surface area contributed by atoms with Gasteiger partial charge in [-0.2, -0.15) is 0 Å². The van der Waals surface area contributed by atoms with Crippen molar-refractivity contribution in [3.63, 3.8) is 0 Å². The fraction of sp³-hybridized carbons (Fsp3) is 0.278. The number of nitro groups is 1. The third-order valence-electron chi connectivity index (χ3n) is 4.40. The first-order valence-electron chi connectivity index (χ1n) is 8.54. The average Bonchev–Trinajstić information content (AvgIpc) is 3.05. The molecule has 0 unspecified atom stereocenters. The number of aromatic nitrogens is 2. The molecular weight excluding hydrogens is 384 g/mol. The van der Waals surface area contributed by atoms with Gasteiger partial charge in [0.1, 0.15) is 16.2 Å². The molecule has 2 heterocycles. The zero-order valence-corrected chi connectivity index (χ0v) is 15.9. The molecule has 0 saturated heterocycles. The number of carbonyl (C=O) groups is 1. The van der Waals surface area contributed by atoms with E-state index in [0.29, 0.717) is 5.69 Å². The van der Waals surface area contributed by atoms with Crippen molar-refractivity contribution in [2.75, 3.05) is 11.1 Å². The number of hydrogen-bond donors (Lipinski definition) is 1. The van der Waals surface area contributed by atoms with E-state index in [0.717, 1.165) is 28.1 Å². The summed E-state index contributed by atoms with van der Waals surface area (Å²) in [7, 11) is 0. The number of benzene rings is 1. The first-order chi connectivity index (χ1) is 13.1. The van der Waals surface area contributed by atoms with Gasteiger partial charge in [0.15, 0.2) is 0 Å². The quantitative estimate of drug-likeness (QED) is 0.298. The molecule has 9 heteroatoms. The summed E-state index contributed by atoms with van der Waals surface area (Å²) in [6.45, 7) is 0. The molecule has 1 aromatic carbocycles. The number of nitrogens with zero attached hydrogens (tertiary/aromatic N) is 3. The number of amides is 1. The lowest BCUT2D eigenvalue weighted by molar-refractivity contribution is -0.384. The van der Waals surface area contributed by atoms with Crippen LogP contribution >= 0.6 is 23.1 Å². The zero-order valence-electron chi connectivity index (χ0n) is 14.3. The van der Waals surface area contributed by atoms with Crippen molar-refractivity contribution >= 4 is 50.6 Å². The number of carbonyl (C=O) groups excluding carboxylic acids is 1. The Morgan fingerprint density at radius 1 is 1.30 bits per heavy atom. The van der Waals surface area contributed by atoms with Crippen LogP contribution in [0.4, 0.5) is 11.4 Å². The second kappa shape index (κ2) is 7.61. The van der Waals surface area contributed by atoms with E-state index in [4.69, 9.17) is 0 Å². The summed E-state index contributed by atoms with van der Waals surface area (Å²) in [6, 6.07) is 5.92. The maximum atomic E-state index is 12.3. The normalized spacial score (nSPS) is 13.3. The van der Waals surface area contributed by atoms with Crippen LogP contribution in [0.25, 0.3) is 10.2 Å². The number of nitrogens with one attached hydrogen (secondary N) is 1. The van der Waals surface area contributed by atoms with Gasteiger partial charge in [-0.05, 0) is 37.3 Å². The summed E-state index contributed by atoms with van der Waals surface area (Å²) in [5, 5.41) is 15.5. The molecular formula is C18H16N4O3S2. The highest BCUT2D eigenvalue weighted by atomic mass is 32.2. The van der Waals surface area contributed by atoms with Crippen LogP contribution in [0.1, 0.15) is 23.3 Å². The lowest BCUT2D eigenvalue weighted by Crippen LogP contribution is -2.14. The third kappa shape index (κ3) is 3.79. The van der Waals surface area contributed by atoms with E-state index >= 15 is 0 Å². The number of non-ortho nitro benzene ring substituents is 1. The van der Waals surface area contributed by atoms with Gasteiger partial charge in [-0.15, -0.1) is 11.3 Å². The van der Waals surface area contributed by atoms with Gasteiger partial charge in [0.25, 0.3) is 5.69 Å². The van der Waals surface area contributed by atoms with Crippen LogP contribution < -0.4 is 5.32 Å².